The van der Waals surface area contributed by atoms with Crippen molar-refractivity contribution in [2.24, 2.45) is 11.8 Å². The molecule has 2 fully saturated rings. The van der Waals surface area contributed by atoms with E-state index in [0.717, 1.165) is 23.8 Å². The third kappa shape index (κ3) is 4.45. The van der Waals surface area contributed by atoms with Gasteiger partial charge in [-0.1, -0.05) is 12.1 Å². The van der Waals surface area contributed by atoms with Gasteiger partial charge in [-0.15, -0.1) is 0 Å². The molecule has 0 spiro atoms. The fourth-order valence-corrected chi connectivity index (χ4v) is 3.06. The first kappa shape index (κ1) is 14.9. The fourth-order valence-electron chi connectivity index (χ4n) is 3.06. The van der Waals surface area contributed by atoms with E-state index in [4.69, 9.17) is 4.74 Å². The molecule has 116 valence electrons. The number of hydrogen-bond acceptors (Lipinski definition) is 3. The van der Waals surface area contributed by atoms with Crippen LogP contribution in [-0.2, 0) is 0 Å². The van der Waals surface area contributed by atoms with Crippen molar-refractivity contribution in [3.8, 4) is 5.75 Å². The summed E-state index contributed by atoms with van der Waals surface area (Å²) in [5.74, 6) is 2.61. The minimum atomic E-state index is -0.408. The van der Waals surface area contributed by atoms with Gasteiger partial charge in [-0.25, -0.2) is 0 Å². The highest BCUT2D eigenvalue weighted by molar-refractivity contribution is 5.28. The normalized spacial score (nSPS) is 22.2. The monoisotopic (exact) mass is 289 g/mol. The lowest BCUT2D eigenvalue weighted by Gasteiger charge is -2.31. The van der Waals surface area contributed by atoms with E-state index in [9.17, 15) is 5.11 Å². The van der Waals surface area contributed by atoms with Gasteiger partial charge in [0.25, 0.3) is 0 Å². The molecule has 0 radical (unpaired) electrons. The molecule has 3 nitrogen and oxygen atoms in total. The molecule has 1 aromatic rings. The predicted molar refractivity (Wildman–Crippen MR) is 84.5 cm³/mol. The lowest BCUT2D eigenvalue weighted by Crippen LogP contribution is -2.36. The molecular formula is C18H27NO2. The predicted octanol–water partition coefficient (Wildman–Crippen LogP) is 3.24. The van der Waals surface area contributed by atoms with E-state index >= 15 is 0 Å². The van der Waals surface area contributed by atoms with Crippen LogP contribution in [0, 0.1) is 11.8 Å². The van der Waals surface area contributed by atoms with Crippen molar-refractivity contribution in [3.05, 3.63) is 29.8 Å². The molecule has 1 saturated carbocycles. The van der Waals surface area contributed by atoms with Crippen molar-refractivity contribution in [2.45, 2.75) is 38.7 Å². The van der Waals surface area contributed by atoms with E-state index in [1.54, 1.807) is 6.92 Å². The van der Waals surface area contributed by atoms with Gasteiger partial charge in [0.1, 0.15) is 5.75 Å². The third-order valence-corrected chi connectivity index (χ3v) is 4.77. The highest BCUT2D eigenvalue weighted by atomic mass is 16.5. The molecule has 1 aliphatic carbocycles. The van der Waals surface area contributed by atoms with E-state index in [-0.39, 0.29) is 0 Å². The van der Waals surface area contributed by atoms with E-state index in [1.165, 1.54) is 45.3 Å². The standard InChI is InChI=1S/C18H27NO2/c1-14(20)17-4-6-18(7-5-17)21-13-16-8-10-19(11-9-16)12-15-2-3-15/h4-7,14-16,20H,2-3,8-13H2,1H3/t14-/m0/s1. The van der Waals surface area contributed by atoms with Gasteiger partial charge in [0.05, 0.1) is 12.7 Å². The smallest absolute Gasteiger partial charge is 0.119 e. The van der Waals surface area contributed by atoms with Gasteiger partial charge in [-0.05, 0) is 75.2 Å². The largest absolute Gasteiger partial charge is 0.493 e. The Hall–Kier alpha value is -1.06. The van der Waals surface area contributed by atoms with Crippen LogP contribution in [0.3, 0.4) is 0 Å². The summed E-state index contributed by atoms with van der Waals surface area (Å²) in [5, 5.41) is 9.49. The molecule has 1 saturated heterocycles. The van der Waals surface area contributed by atoms with Gasteiger partial charge in [0.2, 0.25) is 0 Å². The topological polar surface area (TPSA) is 32.7 Å². The van der Waals surface area contributed by atoms with Crippen LogP contribution < -0.4 is 4.74 Å². The zero-order valence-electron chi connectivity index (χ0n) is 13.0. The van der Waals surface area contributed by atoms with Gasteiger partial charge >= 0.3 is 0 Å². The maximum Gasteiger partial charge on any atom is 0.119 e. The zero-order valence-corrected chi connectivity index (χ0v) is 13.0. The Bertz CT molecular complexity index is 431. The van der Waals surface area contributed by atoms with Crippen molar-refractivity contribution in [3.63, 3.8) is 0 Å². The maximum atomic E-state index is 9.49. The molecule has 1 aliphatic heterocycles. The summed E-state index contributed by atoms with van der Waals surface area (Å²) in [6.07, 6.45) is 5.02. The van der Waals surface area contributed by atoms with Crippen molar-refractivity contribution >= 4 is 0 Å². The molecule has 21 heavy (non-hydrogen) atoms. The van der Waals surface area contributed by atoms with E-state index in [1.807, 2.05) is 24.3 Å². The Labute approximate surface area is 127 Å². The lowest BCUT2D eigenvalue weighted by atomic mass is 9.97. The number of nitrogens with zero attached hydrogens (tertiary/aromatic N) is 1. The Morgan fingerprint density at radius 2 is 1.76 bits per heavy atom. The van der Waals surface area contributed by atoms with Crippen LogP contribution in [0.4, 0.5) is 0 Å². The molecule has 2 aliphatic rings. The number of aliphatic hydroxyl groups excluding tert-OH is 1. The number of likely N-dealkylation sites (tertiary alicyclic amines) is 1. The maximum absolute atomic E-state index is 9.49. The summed E-state index contributed by atoms with van der Waals surface area (Å²) in [5.41, 5.74) is 0.940. The molecule has 0 bridgehead atoms. The minimum absolute atomic E-state index is 0.408. The number of ether oxygens (including phenoxy) is 1. The summed E-state index contributed by atoms with van der Waals surface area (Å²) >= 11 is 0. The highest BCUT2D eigenvalue weighted by Gasteiger charge is 2.27. The Morgan fingerprint density at radius 3 is 2.33 bits per heavy atom. The lowest BCUT2D eigenvalue weighted by molar-refractivity contribution is 0.138. The molecule has 3 heteroatoms. The van der Waals surface area contributed by atoms with Gasteiger partial charge < -0.3 is 14.7 Å². The van der Waals surface area contributed by atoms with Crippen LogP contribution in [-0.4, -0.2) is 36.2 Å². The molecule has 1 aromatic carbocycles. The number of benzene rings is 1. The summed E-state index contributed by atoms with van der Waals surface area (Å²) < 4.78 is 5.91. The number of piperidine rings is 1. The second kappa shape index (κ2) is 6.80. The van der Waals surface area contributed by atoms with Crippen molar-refractivity contribution < 1.29 is 9.84 Å². The van der Waals surface area contributed by atoms with Gasteiger partial charge in [0, 0.05) is 6.54 Å². The van der Waals surface area contributed by atoms with Gasteiger partial charge in [-0.2, -0.15) is 0 Å². The Kier molecular flexibility index (Phi) is 4.81. The molecule has 1 heterocycles. The molecule has 1 N–H and O–H groups in total. The van der Waals surface area contributed by atoms with Crippen LogP contribution in [0.1, 0.15) is 44.3 Å². The first-order valence-electron chi connectivity index (χ1n) is 8.34. The summed E-state index contributed by atoms with van der Waals surface area (Å²) in [4.78, 5) is 2.63. The van der Waals surface area contributed by atoms with E-state index < -0.39 is 6.10 Å². The van der Waals surface area contributed by atoms with Gasteiger partial charge in [0.15, 0.2) is 0 Å². The SMILES string of the molecule is C[C@H](O)c1ccc(OCC2CCN(CC3CC3)CC2)cc1. The highest BCUT2D eigenvalue weighted by Crippen LogP contribution is 2.31. The fraction of sp³-hybridized carbons (Fsp3) is 0.667. The average molecular weight is 289 g/mol. The average Bonchev–Trinajstić information content (AvgIpc) is 3.31. The summed E-state index contributed by atoms with van der Waals surface area (Å²) in [6, 6.07) is 7.81. The summed E-state index contributed by atoms with van der Waals surface area (Å²) in [7, 11) is 0. The molecule has 1 atom stereocenters. The Morgan fingerprint density at radius 1 is 1.10 bits per heavy atom. The van der Waals surface area contributed by atoms with Crippen LogP contribution in [0.15, 0.2) is 24.3 Å². The van der Waals surface area contributed by atoms with Crippen molar-refractivity contribution in [1.82, 2.24) is 4.90 Å². The first-order chi connectivity index (χ1) is 10.2. The Balaban J connectivity index is 1.39. The number of rotatable bonds is 6. The van der Waals surface area contributed by atoms with Crippen molar-refractivity contribution in [1.29, 1.82) is 0 Å². The molecule has 0 amide bonds. The molecule has 0 aromatic heterocycles. The van der Waals surface area contributed by atoms with Crippen LogP contribution >= 0.6 is 0 Å². The van der Waals surface area contributed by atoms with E-state index in [2.05, 4.69) is 4.90 Å². The second-order valence-electron chi connectivity index (χ2n) is 6.74. The van der Waals surface area contributed by atoms with E-state index in [0.29, 0.717) is 5.92 Å². The number of hydrogen-bond donors (Lipinski definition) is 1. The second-order valence-corrected chi connectivity index (χ2v) is 6.74. The van der Waals surface area contributed by atoms with Crippen LogP contribution in [0.5, 0.6) is 5.75 Å². The minimum Gasteiger partial charge on any atom is -0.493 e. The third-order valence-electron chi connectivity index (χ3n) is 4.77. The first-order valence-corrected chi connectivity index (χ1v) is 8.34. The summed E-state index contributed by atoms with van der Waals surface area (Å²) in [6.45, 7) is 6.42. The van der Waals surface area contributed by atoms with Gasteiger partial charge in [-0.3, -0.25) is 0 Å². The molecular weight excluding hydrogens is 262 g/mol. The number of aliphatic hydroxyl groups is 1. The van der Waals surface area contributed by atoms with Crippen LogP contribution in [0.2, 0.25) is 0 Å². The van der Waals surface area contributed by atoms with Crippen molar-refractivity contribution in [2.75, 3.05) is 26.2 Å². The molecule has 0 unspecified atom stereocenters. The van der Waals surface area contributed by atoms with Crippen LogP contribution in [0.25, 0.3) is 0 Å². The zero-order chi connectivity index (χ0) is 14.7. The molecule has 3 rings (SSSR count). The quantitative estimate of drug-likeness (QED) is 0.872.